The molecule has 0 saturated carbocycles. The van der Waals surface area contributed by atoms with Gasteiger partial charge in [-0.05, 0) is 47.4 Å². The van der Waals surface area contributed by atoms with E-state index in [0.717, 1.165) is 30.9 Å². The van der Waals surface area contributed by atoms with Gasteiger partial charge in [0.1, 0.15) is 0 Å². The van der Waals surface area contributed by atoms with Crippen LogP contribution in [0, 0.1) is 0 Å². The number of hydrogen-bond donors (Lipinski definition) is 0. The van der Waals surface area contributed by atoms with Crippen molar-refractivity contribution in [2.24, 2.45) is 0 Å². The van der Waals surface area contributed by atoms with E-state index in [-0.39, 0.29) is 22.7 Å². The summed E-state index contributed by atoms with van der Waals surface area (Å²) in [5, 5.41) is 3.94. The lowest BCUT2D eigenvalue weighted by Crippen LogP contribution is -2.11. The number of aryl methyl sites for hydroxylation is 2. The quantitative estimate of drug-likeness (QED) is 0.342. The van der Waals surface area contributed by atoms with Gasteiger partial charge in [-0.2, -0.15) is 18.2 Å². The average Bonchev–Trinajstić information content (AvgIpc) is 3.25. The van der Waals surface area contributed by atoms with Gasteiger partial charge in [-0.3, -0.25) is 0 Å². The van der Waals surface area contributed by atoms with Crippen LogP contribution in [0.4, 0.5) is 13.2 Å². The van der Waals surface area contributed by atoms with E-state index in [0.29, 0.717) is 24.3 Å². The van der Waals surface area contributed by atoms with Crippen LogP contribution < -0.4 is 0 Å². The zero-order valence-electron chi connectivity index (χ0n) is 20.1. The molecular formula is C27H33F3N2O. The molecule has 3 rings (SSSR count). The largest absolute Gasteiger partial charge is 0.416 e. The fourth-order valence-corrected chi connectivity index (χ4v) is 3.83. The highest BCUT2D eigenvalue weighted by Crippen LogP contribution is 2.35. The number of alkyl halides is 3. The second-order valence-electron chi connectivity index (χ2n) is 9.82. The number of unbranched alkanes of at least 4 members (excludes halogenated alkanes) is 1. The Bertz CT molecular complexity index is 1050. The van der Waals surface area contributed by atoms with Crippen molar-refractivity contribution in [2.45, 2.75) is 84.2 Å². The Morgan fingerprint density at radius 1 is 0.970 bits per heavy atom. The van der Waals surface area contributed by atoms with Crippen molar-refractivity contribution in [1.29, 1.82) is 0 Å². The molecule has 1 atom stereocenters. The van der Waals surface area contributed by atoms with E-state index < -0.39 is 11.7 Å². The first kappa shape index (κ1) is 25.0. The van der Waals surface area contributed by atoms with Crippen molar-refractivity contribution in [3.05, 3.63) is 70.6 Å². The topological polar surface area (TPSA) is 38.9 Å². The van der Waals surface area contributed by atoms with Crippen molar-refractivity contribution in [1.82, 2.24) is 10.1 Å². The molecule has 0 N–H and O–H groups in total. The molecule has 3 aromatic rings. The third-order valence-electron chi connectivity index (χ3n) is 6.03. The van der Waals surface area contributed by atoms with E-state index in [1.165, 1.54) is 11.6 Å². The van der Waals surface area contributed by atoms with Crippen LogP contribution in [0.1, 0.15) is 87.9 Å². The van der Waals surface area contributed by atoms with Gasteiger partial charge >= 0.3 is 6.18 Å². The number of hydrogen-bond acceptors (Lipinski definition) is 3. The van der Waals surface area contributed by atoms with E-state index in [4.69, 9.17) is 4.52 Å². The monoisotopic (exact) mass is 458 g/mol. The lowest BCUT2D eigenvalue weighted by atomic mass is 9.86. The minimum absolute atomic E-state index is 0.0423. The molecule has 1 heterocycles. The van der Waals surface area contributed by atoms with Gasteiger partial charge in [0.25, 0.3) is 0 Å². The van der Waals surface area contributed by atoms with Crippen LogP contribution in [0.25, 0.3) is 11.4 Å². The molecule has 1 aromatic heterocycles. The van der Waals surface area contributed by atoms with Crippen LogP contribution in [-0.2, 0) is 24.4 Å². The Balaban J connectivity index is 1.80. The summed E-state index contributed by atoms with van der Waals surface area (Å²) < 4.78 is 46.9. The van der Waals surface area contributed by atoms with Gasteiger partial charge < -0.3 is 4.52 Å². The first-order chi connectivity index (χ1) is 15.5. The first-order valence-corrected chi connectivity index (χ1v) is 11.6. The molecule has 0 aliphatic heterocycles. The van der Waals surface area contributed by atoms with Crippen LogP contribution in [0.15, 0.2) is 47.0 Å². The molecule has 2 aromatic carbocycles. The summed E-state index contributed by atoms with van der Waals surface area (Å²) in [5.41, 5.74) is 2.21. The summed E-state index contributed by atoms with van der Waals surface area (Å²) in [5.74, 6) is 0.746. The Hall–Kier alpha value is -2.63. The van der Waals surface area contributed by atoms with E-state index in [9.17, 15) is 13.2 Å². The fraction of sp³-hybridized carbons (Fsp3) is 0.481. The first-order valence-electron chi connectivity index (χ1n) is 11.6. The van der Waals surface area contributed by atoms with Crippen molar-refractivity contribution in [3.63, 3.8) is 0 Å². The summed E-state index contributed by atoms with van der Waals surface area (Å²) in [6, 6.07) is 12.4. The summed E-state index contributed by atoms with van der Waals surface area (Å²) in [6.45, 7) is 10.5. The van der Waals surface area contributed by atoms with Crippen LogP contribution in [-0.4, -0.2) is 10.1 Å². The zero-order chi connectivity index (χ0) is 24.2. The maximum Gasteiger partial charge on any atom is 0.416 e. The molecule has 0 radical (unpaired) electrons. The van der Waals surface area contributed by atoms with Crippen LogP contribution in [0.2, 0.25) is 0 Å². The van der Waals surface area contributed by atoms with Crippen molar-refractivity contribution in [2.75, 3.05) is 0 Å². The van der Waals surface area contributed by atoms with Crippen LogP contribution in [0.3, 0.4) is 0 Å². The average molecular weight is 459 g/mol. The summed E-state index contributed by atoms with van der Waals surface area (Å²) >= 11 is 0. The molecule has 33 heavy (non-hydrogen) atoms. The van der Waals surface area contributed by atoms with Gasteiger partial charge in [0.2, 0.25) is 11.7 Å². The zero-order valence-corrected chi connectivity index (χ0v) is 20.1. The van der Waals surface area contributed by atoms with Crippen molar-refractivity contribution >= 4 is 0 Å². The highest BCUT2D eigenvalue weighted by Gasteiger charge is 2.34. The lowest BCUT2D eigenvalue weighted by molar-refractivity contribution is -0.138. The van der Waals surface area contributed by atoms with E-state index in [2.05, 4.69) is 50.0 Å². The normalized spacial score (nSPS) is 13.3. The number of nitrogens with zero attached hydrogens (tertiary/aromatic N) is 2. The van der Waals surface area contributed by atoms with E-state index in [1.807, 2.05) is 19.1 Å². The highest BCUT2D eigenvalue weighted by molar-refractivity contribution is 5.57. The SMILES string of the molecule is CCCC[C@H](C)c1nc(-c2ccc(CCc3ccc(C(C)(C)C)cc3)c(C(F)(F)F)c2)no1. The predicted molar refractivity (Wildman–Crippen MR) is 125 cm³/mol. The lowest BCUT2D eigenvalue weighted by Gasteiger charge is -2.19. The summed E-state index contributed by atoms with van der Waals surface area (Å²) in [6.07, 6.45) is -0.624. The summed E-state index contributed by atoms with van der Waals surface area (Å²) in [7, 11) is 0. The highest BCUT2D eigenvalue weighted by atomic mass is 19.4. The Morgan fingerprint density at radius 3 is 2.27 bits per heavy atom. The molecule has 178 valence electrons. The van der Waals surface area contributed by atoms with Crippen LogP contribution in [0.5, 0.6) is 0 Å². The molecule has 0 unspecified atom stereocenters. The maximum absolute atomic E-state index is 13.9. The number of benzene rings is 2. The third kappa shape index (κ3) is 6.46. The Kier molecular flexibility index (Phi) is 7.65. The minimum Gasteiger partial charge on any atom is -0.339 e. The molecule has 0 aliphatic rings. The van der Waals surface area contributed by atoms with Crippen molar-refractivity contribution in [3.8, 4) is 11.4 Å². The molecule has 0 spiro atoms. The molecule has 6 heteroatoms. The molecule has 0 aliphatic carbocycles. The van der Waals surface area contributed by atoms with E-state index >= 15 is 0 Å². The fourth-order valence-electron chi connectivity index (χ4n) is 3.83. The predicted octanol–water partition coefficient (Wildman–Crippen LogP) is 8.13. The molecule has 3 nitrogen and oxygen atoms in total. The second kappa shape index (κ2) is 10.1. The Morgan fingerprint density at radius 2 is 1.67 bits per heavy atom. The van der Waals surface area contributed by atoms with Crippen molar-refractivity contribution < 1.29 is 17.7 Å². The number of aromatic nitrogens is 2. The number of rotatable bonds is 8. The minimum atomic E-state index is -4.46. The van der Waals surface area contributed by atoms with Gasteiger partial charge in [-0.15, -0.1) is 0 Å². The van der Waals surface area contributed by atoms with Crippen LogP contribution >= 0.6 is 0 Å². The standard InChI is InChI=1S/C27H33F3N2O/c1-6-7-8-18(2)25-31-24(32-33-25)21-14-13-20(23(17-21)27(28,29)30)12-9-19-10-15-22(16-11-19)26(3,4)5/h10-11,13-18H,6-9,12H2,1-5H3/t18-/m0/s1. The van der Waals surface area contributed by atoms with Gasteiger partial charge in [0, 0.05) is 11.5 Å². The Labute approximate surface area is 194 Å². The van der Waals surface area contributed by atoms with Gasteiger partial charge in [0.05, 0.1) is 5.56 Å². The molecule has 0 amide bonds. The van der Waals surface area contributed by atoms with Gasteiger partial charge in [0.15, 0.2) is 0 Å². The third-order valence-corrected chi connectivity index (χ3v) is 6.03. The molecule has 0 saturated heterocycles. The molecule has 0 bridgehead atoms. The number of halogens is 3. The smallest absolute Gasteiger partial charge is 0.339 e. The molecular weight excluding hydrogens is 425 g/mol. The maximum atomic E-state index is 13.9. The van der Waals surface area contributed by atoms with Gasteiger partial charge in [-0.25, -0.2) is 0 Å². The molecule has 0 fully saturated rings. The van der Waals surface area contributed by atoms with Gasteiger partial charge in [-0.1, -0.05) is 89.0 Å². The summed E-state index contributed by atoms with van der Waals surface area (Å²) in [4.78, 5) is 4.36. The second-order valence-corrected chi connectivity index (χ2v) is 9.82. The van der Waals surface area contributed by atoms with E-state index in [1.54, 1.807) is 6.07 Å².